The van der Waals surface area contributed by atoms with Crippen LogP contribution in [0.1, 0.15) is 19.0 Å². The second-order valence-corrected chi connectivity index (χ2v) is 3.84. The highest BCUT2D eigenvalue weighted by Crippen LogP contribution is 2.20. The van der Waals surface area contributed by atoms with Gasteiger partial charge in [-0.05, 0) is 31.2 Å². The van der Waals surface area contributed by atoms with Crippen LogP contribution in [0.3, 0.4) is 0 Å². The molecule has 11 heavy (non-hydrogen) atoms. The summed E-state index contributed by atoms with van der Waals surface area (Å²) >= 11 is 1.93. The number of rotatable bonds is 3. The minimum Gasteiger partial charge on any atom is -0.343 e. The summed E-state index contributed by atoms with van der Waals surface area (Å²) in [5, 5.41) is 1.38. The predicted molar refractivity (Wildman–Crippen MR) is 51.2 cm³/mol. The van der Waals surface area contributed by atoms with Crippen molar-refractivity contribution in [3.8, 4) is 0 Å². The maximum Gasteiger partial charge on any atom is 0.0747 e. The van der Waals surface area contributed by atoms with E-state index in [9.17, 15) is 0 Å². The molecule has 0 saturated carbocycles. The second-order valence-electron chi connectivity index (χ2n) is 2.72. The second kappa shape index (κ2) is 3.86. The fraction of sp³-hybridized carbons (Fsp3) is 0.556. The molecule has 1 heterocycles. The van der Waals surface area contributed by atoms with E-state index >= 15 is 0 Å². The molecule has 0 aliphatic rings. The Bertz CT molecular complexity index is 227. The fourth-order valence-electron chi connectivity index (χ4n) is 0.941. The van der Waals surface area contributed by atoms with Crippen molar-refractivity contribution in [2.75, 3.05) is 5.75 Å². The van der Waals surface area contributed by atoms with Crippen molar-refractivity contribution in [2.45, 2.75) is 25.3 Å². The molecule has 0 aromatic carbocycles. The molecule has 0 saturated heterocycles. The van der Waals surface area contributed by atoms with Gasteiger partial charge in [0.1, 0.15) is 0 Å². The number of aryl methyl sites for hydroxylation is 1. The van der Waals surface area contributed by atoms with Crippen molar-refractivity contribution in [3.63, 3.8) is 0 Å². The van der Waals surface area contributed by atoms with E-state index in [4.69, 9.17) is 0 Å². The van der Waals surface area contributed by atoms with Gasteiger partial charge in [0.05, 0.1) is 5.03 Å². The van der Waals surface area contributed by atoms with Crippen LogP contribution in [0, 0.1) is 6.92 Å². The van der Waals surface area contributed by atoms with Crippen LogP contribution in [0.5, 0.6) is 0 Å². The monoisotopic (exact) mass is 169 g/mol. The highest BCUT2D eigenvalue weighted by molar-refractivity contribution is 7.99. The minimum absolute atomic E-state index is 1.22. The first-order valence-electron chi connectivity index (χ1n) is 4.01. The molecule has 0 radical (unpaired) electrons. The third-order valence-electron chi connectivity index (χ3n) is 1.78. The molecule has 0 aliphatic heterocycles. The normalized spacial score (nSPS) is 10.5. The minimum atomic E-state index is 1.22. The van der Waals surface area contributed by atoms with Crippen molar-refractivity contribution in [1.82, 2.24) is 4.57 Å². The maximum atomic E-state index is 2.24. The Hall–Kier alpha value is -0.370. The molecule has 0 amide bonds. The molecule has 0 N–H and O–H groups in total. The van der Waals surface area contributed by atoms with Gasteiger partial charge in [-0.2, -0.15) is 0 Å². The van der Waals surface area contributed by atoms with Gasteiger partial charge in [0.15, 0.2) is 0 Å². The van der Waals surface area contributed by atoms with E-state index in [1.165, 1.54) is 22.9 Å². The summed E-state index contributed by atoms with van der Waals surface area (Å²) in [6, 6.07) is 4.35. The highest BCUT2D eigenvalue weighted by atomic mass is 32.2. The Balaban J connectivity index is 2.63. The van der Waals surface area contributed by atoms with Crippen LogP contribution < -0.4 is 0 Å². The summed E-state index contributed by atoms with van der Waals surface area (Å²) in [4.78, 5) is 0. The van der Waals surface area contributed by atoms with Gasteiger partial charge in [-0.3, -0.25) is 0 Å². The van der Waals surface area contributed by atoms with Crippen molar-refractivity contribution < 1.29 is 0 Å². The van der Waals surface area contributed by atoms with E-state index in [2.05, 4.69) is 37.6 Å². The van der Waals surface area contributed by atoms with Gasteiger partial charge < -0.3 is 4.57 Å². The first-order valence-corrected chi connectivity index (χ1v) is 4.99. The summed E-state index contributed by atoms with van der Waals surface area (Å²) in [5.41, 5.74) is 1.34. The molecule has 0 fully saturated rings. The lowest BCUT2D eigenvalue weighted by atomic mass is 10.5. The van der Waals surface area contributed by atoms with Gasteiger partial charge >= 0.3 is 0 Å². The number of hydrogen-bond donors (Lipinski definition) is 0. The third kappa shape index (κ3) is 2.03. The lowest BCUT2D eigenvalue weighted by molar-refractivity contribution is 0.795. The zero-order valence-corrected chi connectivity index (χ0v) is 8.24. The van der Waals surface area contributed by atoms with E-state index in [0.717, 1.165) is 0 Å². The molecule has 0 atom stereocenters. The van der Waals surface area contributed by atoms with Crippen LogP contribution in [0.2, 0.25) is 0 Å². The Morgan fingerprint density at radius 1 is 1.45 bits per heavy atom. The topological polar surface area (TPSA) is 4.93 Å². The SMILES string of the molecule is CCCSc1ccc(C)n1C. The lowest BCUT2D eigenvalue weighted by Crippen LogP contribution is -1.92. The molecular formula is C9H15NS. The van der Waals surface area contributed by atoms with Crippen LogP contribution in [0.25, 0.3) is 0 Å². The summed E-state index contributed by atoms with van der Waals surface area (Å²) in [7, 11) is 2.12. The average Bonchev–Trinajstić information content (AvgIpc) is 2.31. The molecule has 1 aromatic heterocycles. The van der Waals surface area contributed by atoms with Crippen LogP contribution in [-0.2, 0) is 7.05 Å². The molecule has 2 heteroatoms. The smallest absolute Gasteiger partial charge is 0.0747 e. The molecular weight excluding hydrogens is 154 g/mol. The van der Waals surface area contributed by atoms with Gasteiger partial charge in [-0.25, -0.2) is 0 Å². The molecule has 62 valence electrons. The van der Waals surface area contributed by atoms with Crippen LogP contribution >= 0.6 is 11.8 Å². The van der Waals surface area contributed by atoms with Crippen LogP contribution in [0.15, 0.2) is 17.2 Å². The molecule has 0 aliphatic carbocycles. The Morgan fingerprint density at radius 2 is 2.18 bits per heavy atom. The van der Waals surface area contributed by atoms with E-state index < -0.39 is 0 Å². The molecule has 0 unspecified atom stereocenters. The number of aromatic nitrogens is 1. The largest absolute Gasteiger partial charge is 0.343 e. The molecule has 1 nitrogen and oxygen atoms in total. The third-order valence-corrected chi connectivity index (χ3v) is 3.10. The fourth-order valence-corrected chi connectivity index (χ4v) is 1.86. The Morgan fingerprint density at radius 3 is 2.64 bits per heavy atom. The molecule has 1 aromatic rings. The van der Waals surface area contributed by atoms with Gasteiger partial charge in [-0.1, -0.05) is 6.92 Å². The standard InChI is InChI=1S/C9H15NS/c1-4-7-11-9-6-5-8(2)10(9)3/h5-6H,4,7H2,1-3H3. The summed E-state index contributed by atoms with van der Waals surface area (Å²) in [6.45, 7) is 4.35. The van der Waals surface area contributed by atoms with E-state index in [1.807, 2.05) is 11.8 Å². The Labute approximate surface area is 72.8 Å². The lowest BCUT2D eigenvalue weighted by Gasteiger charge is -2.02. The van der Waals surface area contributed by atoms with Crippen molar-refractivity contribution in [3.05, 3.63) is 17.8 Å². The maximum absolute atomic E-state index is 2.24. The van der Waals surface area contributed by atoms with E-state index in [1.54, 1.807) is 0 Å². The van der Waals surface area contributed by atoms with Crippen LogP contribution in [0.4, 0.5) is 0 Å². The predicted octanol–water partition coefficient (Wildman–Crippen LogP) is 2.84. The molecule has 0 bridgehead atoms. The summed E-state index contributed by atoms with van der Waals surface area (Å²) in [5.74, 6) is 1.22. The van der Waals surface area contributed by atoms with Gasteiger partial charge in [-0.15, -0.1) is 11.8 Å². The molecule has 1 rings (SSSR count). The van der Waals surface area contributed by atoms with Crippen molar-refractivity contribution in [1.29, 1.82) is 0 Å². The van der Waals surface area contributed by atoms with E-state index in [0.29, 0.717) is 0 Å². The van der Waals surface area contributed by atoms with Gasteiger partial charge in [0, 0.05) is 12.7 Å². The Kier molecular flexibility index (Phi) is 3.06. The van der Waals surface area contributed by atoms with E-state index in [-0.39, 0.29) is 0 Å². The summed E-state index contributed by atoms with van der Waals surface area (Å²) < 4.78 is 2.24. The first kappa shape index (κ1) is 8.72. The zero-order valence-electron chi connectivity index (χ0n) is 7.42. The van der Waals surface area contributed by atoms with Crippen molar-refractivity contribution >= 4 is 11.8 Å². The zero-order chi connectivity index (χ0) is 8.27. The van der Waals surface area contributed by atoms with Gasteiger partial charge in [0.25, 0.3) is 0 Å². The average molecular weight is 169 g/mol. The van der Waals surface area contributed by atoms with Crippen molar-refractivity contribution in [2.24, 2.45) is 7.05 Å². The quantitative estimate of drug-likeness (QED) is 0.630. The summed E-state index contributed by atoms with van der Waals surface area (Å²) in [6.07, 6.45) is 1.24. The number of nitrogens with zero attached hydrogens (tertiary/aromatic N) is 1. The highest BCUT2D eigenvalue weighted by Gasteiger charge is 1.99. The van der Waals surface area contributed by atoms with Crippen LogP contribution in [-0.4, -0.2) is 10.3 Å². The number of hydrogen-bond acceptors (Lipinski definition) is 1. The number of thioether (sulfide) groups is 1. The van der Waals surface area contributed by atoms with Gasteiger partial charge in [0.2, 0.25) is 0 Å². The molecule has 0 spiro atoms. The first-order chi connectivity index (χ1) is 5.25.